The molecule has 0 saturated heterocycles. The number of benzene rings is 2. The van der Waals surface area contributed by atoms with Crippen LogP contribution < -0.4 is 11.1 Å². The summed E-state index contributed by atoms with van der Waals surface area (Å²) in [6, 6.07) is 15.5. The van der Waals surface area contributed by atoms with Gasteiger partial charge in [-0.1, -0.05) is 24.3 Å². The predicted molar refractivity (Wildman–Crippen MR) is 97.0 cm³/mol. The largest absolute Gasteiger partial charge is 0.398 e. The molecule has 24 heavy (non-hydrogen) atoms. The highest BCUT2D eigenvalue weighted by Gasteiger charge is 2.13. The lowest BCUT2D eigenvalue weighted by molar-refractivity contribution is 0.0955. The van der Waals surface area contributed by atoms with Crippen molar-refractivity contribution in [3.63, 3.8) is 0 Å². The number of rotatable bonds is 5. The Morgan fingerprint density at radius 3 is 2.62 bits per heavy atom. The van der Waals surface area contributed by atoms with Gasteiger partial charge in [0.2, 0.25) is 0 Å². The van der Waals surface area contributed by atoms with Crippen LogP contribution in [0.2, 0.25) is 0 Å². The van der Waals surface area contributed by atoms with Crippen molar-refractivity contribution >= 4 is 22.6 Å². The molecule has 3 aromatic rings. The van der Waals surface area contributed by atoms with Crippen molar-refractivity contribution in [3.8, 4) is 0 Å². The van der Waals surface area contributed by atoms with Gasteiger partial charge in [-0.2, -0.15) is 0 Å². The molecule has 0 aliphatic carbocycles. The molecule has 0 spiro atoms. The standard InChI is InChI=1S/C19H22N4O/c1-13(2)23-17-10-6-5-9-16(17)22-18(23)11-12-21-19(24)14-7-3-4-8-15(14)20/h3-10,13H,11-12,20H2,1-2H3,(H,21,24). The van der Waals surface area contributed by atoms with E-state index < -0.39 is 0 Å². The molecule has 0 bridgehead atoms. The summed E-state index contributed by atoms with van der Waals surface area (Å²) in [4.78, 5) is 16.9. The Balaban J connectivity index is 1.73. The van der Waals surface area contributed by atoms with Crippen LogP contribution >= 0.6 is 0 Å². The number of imidazole rings is 1. The van der Waals surface area contributed by atoms with Gasteiger partial charge in [0, 0.05) is 24.7 Å². The molecule has 1 heterocycles. The average molecular weight is 322 g/mol. The van der Waals surface area contributed by atoms with Gasteiger partial charge in [-0.05, 0) is 38.1 Å². The van der Waals surface area contributed by atoms with E-state index in [2.05, 4.69) is 29.8 Å². The number of hydrogen-bond donors (Lipinski definition) is 2. The van der Waals surface area contributed by atoms with Crippen molar-refractivity contribution in [1.82, 2.24) is 14.9 Å². The number of anilines is 1. The Morgan fingerprint density at radius 1 is 1.17 bits per heavy atom. The van der Waals surface area contributed by atoms with Crippen molar-refractivity contribution < 1.29 is 4.79 Å². The van der Waals surface area contributed by atoms with E-state index in [9.17, 15) is 4.79 Å². The van der Waals surface area contributed by atoms with Crippen molar-refractivity contribution in [1.29, 1.82) is 0 Å². The molecule has 1 aromatic heterocycles. The molecule has 0 radical (unpaired) electrons. The predicted octanol–water partition coefficient (Wildman–Crippen LogP) is 3.17. The lowest BCUT2D eigenvalue weighted by atomic mass is 10.1. The number of nitrogen functional groups attached to an aromatic ring is 1. The third-order valence-corrected chi connectivity index (χ3v) is 4.02. The van der Waals surface area contributed by atoms with Crippen LogP contribution in [-0.4, -0.2) is 22.0 Å². The summed E-state index contributed by atoms with van der Waals surface area (Å²) in [6.07, 6.45) is 0.672. The molecular formula is C19H22N4O. The summed E-state index contributed by atoms with van der Waals surface area (Å²) in [6.45, 7) is 4.80. The summed E-state index contributed by atoms with van der Waals surface area (Å²) >= 11 is 0. The van der Waals surface area contributed by atoms with Crippen LogP contribution in [0.15, 0.2) is 48.5 Å². The smallest absolute Gasteiger partial charge is 0.253 e. The first-order valence-corrected chi connectivity index (χ1v) is 8.16. The fourth-order valence-corrected chi connectivity index (χ4v) is 2.93. The SMILES string of the molecule is CC(C)n1c(CCNC(=O)c2ccccc2N)nc2ccccc21. The second-order valence-corrected chi connectivity index (χ2v) is 6.07. The maximum atomic E-state index is 12.2. The van der Waals surface area contributed by atoms with Gasteiger partial charge in [0.1, 0.15) is 5.82 Å². The van der Waals surface area contributed by atoms with Crippen LogP contribution in [0, 0.1) is 0 Å². The van der Waals surface area contributed by atoms with Crippen molar-refractivity contribution in [3.05, 3.63) is 59.9 Å². The molecule has 0 unspecified atom stereocenters. The number of nitrogens with zero attached hydrogens (tertiary/aromatic N) is 2. The van der Waals surface area contributed by atoms with Gasteiger partial charge in [0.25, 0.3) is 5.91 Å². The van der Waals surface area contributed by atoms with Crippen LogP contribution in [0.4, 0.5) is 5.69 Å². The van der Waals surface area contributed by atoms with Crippen LogP contribution in [0.3, 0.4) is 0 Å². The Morgan fingerprint density at radius 2 is 1.88 bits per heavy atom. The number of para-hydroxylation sites is 3. The zero-order valence-corrected chi connectivity index (χ0v) is 14.0. The van der Waals surface area contributed by atoms with Crippen molar-refractivity contribution in [2.75, 3.05) is 12.3 Å². The quantitative estimate of drug-likeness (QED) is 0.709. The molecule has 1 amide bonds. The third-order valence-electron chi connectivity index (χ3n) is 4.02. The van der Waals surface area contributed by atoms with E-state index in [0.29, 0.717) is 30.3 Å². The molecule has 0 aliphatic rings. The van der Waals surface area contributed by atoms with Crippen LogP contribution in [-0.2, 0) is 6.42 Å². The summed E-state index contributed by atoms with van der Waals surface area (Å²) in [5, 5.41) is 2.93. The van der Waals surface area contributed by atoms with Gasteiger partial charge < -0.3 is 15.6 Å². The van der Waals surface area contributed by atoms with Crippen LogP contribution in [0.25, 0.3) is 11.0 Å². The van der Waals surface area contributed by atoms with Gasteiger partial charge in [-0.3, -0.25) is 4.79 Å². The summed E-state index contributed by atoms with van der Waals surface area (Å²) in [7, 11) is 0. The second kappa shape index (κ2) is 6.74. The highest BCUT2D eigenvalue weighted by Crippen LogP contribution is 2.21. The Labute approximate surface area is 141 Å². The Kier molecular flexibility index (Phi) is 4.51. The van der Waals surface area contributed by atoms with Gasteiger partial charge in [0.15, 0.2) is 0 Å². The molecule has 3 N–H and O–H groups in total. The van der Waals surface area contributed by atoms with E-state index in [-0.39, 0.29) is 5.91 Å². The normalized spacial score (nSPS) is 11.1. The number of carbonyl (C=O) groups is 1. The summed E-state index contributed by atoms with van der Waals surface area (Å²) < 4.78 is 2.22. The van der Waals surface area contributed by atoms with E-state index in [1.807, 2.05) is 30.3 Å². The third kappa shape index (κ3) is 3.11. The van der Waals surface area contributed by atoms with E-state index in [1.54, 1.807) is 12.1 Å². The topological polar surface area (TPSA) is 72.9 Å². The summed E-state index contributed by atoms with van der Waals surface area (Å²) in [5.41, 5.74) is 8.95. The first-order valence-electron chi connectivity index (χ1n) is 8.16. The molecule has 0 saturated carbocycles. The number of carbonyl (C=O) groups excluding carboxylic acids is 1. The number of aromatic nitrogens is 2. The average Bonchev–Trinajstić information content (AvgIpc) is 2.93. The first kappa shape index (κ1) is 16.1. The van der Waals surface area contributed by atoms with Crippen LogP contribution in [0.1, 0.15) is 36.1 Å². The lowest BCUT2D eigenvalue weighted by Crippen LogP contribution is -2.27. The fraction of sp³-hybridized carbons (Fsp3) is 0.263. The van der Waals surface area contributed by atoms with E-state index >= 15 is 0 Å². The minimum absolute atomic E-state index is 0.152. The number of nitrogens with two attached hydrogens (primary N) is 1. The number of amides is 1. The molecule has 0 aliphatic heterocycles. The molecule has 124 valence electrons. The second-order valence-electron chi connectivity index (χ2n) is 6.07. The number of fused-ring (bicyclic) bond motifs is 1. The molecule has 2 aromatic carbocycles. The molecule has 5 nitrogen and oxygen atoms in total. The van der Waals surface area contributed by atoms with E-state index in [1.165, 1.54) is 0 Å². The van der Waals surface area contributed by atoms with E-state index in [0.717, 1.165) is 16.9 Å². The van der Waals surface area contributed by atoms with Crippen LogP contribution in [0.5, 0.6) is 0 Å². The zero-order chi connectivity index (χ0) is 17.1. The number of hydrogen-bond acceptors (Lipinski definition) is 3. The van der Waals surface area contributed by atoms with Gasteiger partial charge in [-0.25, -0.2) is 4.98 Å². The minimum Gasteiger partial charge on any atom is -0.398 e. The Hall–Kier alpha value is -2.82. The monoisotopic (exact) mass is 322 g/mol. The van der Waals surface area contributed by atoms with E-state index in [4.69, 9.17) is 10.7 Å². The molecule has 0 atom stereocenters. The first-order chi connectivity index (χ1) is 11.6. The van der Waals surface area contributed by atoms with Gasteiger partial charge in [-0.15, -0.1) is 0 Å². The maximum Gasteiger partial charge on any atom is 0.253 e. The Bertz CT molecular complexity index is 867. The van der Waals surface area contributed by atoms with Gasteiger partial charge >= 0.3 is 0 Å². The molecule has 3 rings (SSSR count). The van der Waals surface area contributed by atoms with Crippen molar-refractivity contribution in [2.45, 2.75) is 26.3 Å². The zero-order valence-electron chi connectivity index (χ0n) is 14.0. The fourth-order valence-electron chi connectivity index (χ4n) is 2.93. The summed E-state index contributed by atoms with van der Waals surface area (Å²) in [5.74, 6) is 0.827. The molecular weight excluding hydrogens is 300 g/mol. The maximum absolute atomic E-state index is 12.2. The lowest BCUT2D eigenvalue weighted by Gasteiger charge is -2.13. The minimum atomic E-state index is -0.152. The number of nitrogens with one attached hydrogen (secondary N) is 1. The highest BCUT2D eigenvalue weighted by atomic mass is 16.1. The van der Waals surface area contributed by atoms with Crippen molar-refractivity contribution in [2.24, 2.45) is 0 Å². The van der Waals surface area contributed by atoms with Gasteiger partial charge in [0.05, 0.1) is 16.6 Å². The molecule has 5 heteroatoms. The highest BCUT2D eigenvalue weighted by molar-refractivity contribution is 5.99. The molecule has 0 fully saturated rings.